The maximum atomic E-state index is 13.9. The molecule has 0 radical (unpaired) electrons. The number of hydrogen-bond acceptors (Lipinski definition) is 2. The van der Waals surface area contributed by atoms with Crippen LogP contribution < -0.4 is 11.1 Å². The summed E-state index contributed by atoms with van der Waals surface area (Å²) in [6.45, 7) is 6.69. The van der Waals surface area contributed by atoms with E-state index in [-0.39, 0.29) is 12.6 Å². The predicted molar refractivity (Wildman–Crippen MR) is 50.9 cm³/mol. The Hall–Kier alpha value is -0.150. The topological polar surface area (TPSA) is 38.0 Å². The molecule has 0 amide bonds. The SMILES string of the molecule is CCCC(F)(CN)C(C)NCC. The van der Waals surface area contributed by atoms with Gasteiger partial charge in [0.2, 0.25) is 0 Å². The van der Waals surface area contributed by atoms with Crippen LogP contribution in [0.4, 0.5) is 4.39 Å². The van der Waals surface area contributed by atoms with E-state index in [1.807, 2.05) is 20.8 Å². The number of hydrogen-bond donors (Lipinski definition) is 2. The van der Waals surface area contributed by atoms with Gasteiger partial charge in [-0.05, 0) is 19.9 Å². The second-order valence-electron chi connectivity index (χ2n) is 3.27. The zero-order chi connectivity index (χ0) is 9.61. The fraction of sp³-hybridized carbons (Fsp3) is 1.00. The minimum atomic E-state index is -1.23. The van der Waals surface area contributed by atoms with Gasteiger partial charge >= 0.3 is 0 Å². The van der Waals surface area contributed by atoms with Crippen LogP contribution in [0.5, 0.6) is 0 Å². The highest BCUT2D eigenvalue weighted by molar-refractivity contribution is 4.89. The second kappa shape index (κ2) is 5.49. The Labute approximate surface area is 74.7 Å². The van der Waals surface area contributed by atoms with Crippen LogP contribution in [0.15, 0.2) is 0 Å². The Bertz CT molecular complexity index is 119. The molecule has 0 fully saturated rings. The lowest BCUT2D eigenvalue weighted by molar-refractivity contribution is 0.111. The van der Waals surface area contributed by atoms with Crippen molar-refractivity contribution in [2.45, 2.75) is 45.3 Å². The summed E-state index contributed by atoms with van der Waals surface area (Å²) in [6, 6.07) is -0.146. The zero-order valence-electron chi connectivity index (χ0n) is 8.36. The maximum Gasteiger partial charge on any atom is 0.138 e. The summed E-state index contributed by atoms with van der Waals surface area (Å²) in [6.07, 6.45) is 1.38. The minimum absolute atomic E-state index is 0.106. The average molecular weight is 176 g/mol. The second-order valence-corrected chi connectivity index (χ2v) is 3.27. The Kier molecular flexibility index (Phi) is 5.42. The summed E-state index contributed by atoms with van der Waals surface area (Å²) in [5, 5.41) is 3.07. The molecule has 0 rings (SSSR count). The summed E-state index contributed by atoms with van der Waals surface area (Å²) < 4.78 is 13.9. The van der Waals surface area contributed by atoms with Crippen molar-refractivity contribution in [2.75, 3.05) is 13.1 Å². The van der Waals surface area contributed by atoms with E-state index in [2.05, 4.69) is 5.32 Å². The molecule has 0 bridgehead atoms. The molecule has 0 saturated heterocycles. The lowest BCUT2D eigenvalue weighted by atomic mass is 9.92. The molecule has 0 aromatic carbocycles. The first-order chi connectivity index (χ1) is 5.60. The van der Waals surface area contributed by atoms with Crippen LogP contribution in [0, 0.1) is 0 Å². The molecule has 3 N–H and O–H groups in total. The van der Waals surface area contributed by atoms with E-state index in [9.17, 15) is 4.39 Å². The maximum absolute atomic E-state index is 13.9. The van der Waals surface area contributed by atoms with E-state index in [4.69, 9.17) is 5.73 Å². The molecule has 0 aromatic heterocycles. The van der Waals surface area contributed by atoms with Crippen molar-refractivity contribution < 1.29 is 4.39 Å². The Morgan fingerprint density at radius 2 is 2.08 bits per heavy atom. The van der Waals surface area contributed by atoms with E-state index in [1.54, 1.807) is 0 Å². The third kappa shape index (κ3) is 3.07. The molecule has 74 valence electrons. The molecule has 0 saturated carbocycles. The lowest BCUT2D eigenvalue weighted by Crippen LogP contribution is -2.50. The first kappa shape index (κ1) is 11.8. The average Bonchev–Trinajstić information content (AvgIpc) is 2.05. The van der Waals surface area contributed by atoms with Crippen molar-refractivity contribution in [2.24, 2.45) is 5.73 Å². The van der Waals surface area contributed by atoms with Crippen molar-refractivity contribution in [3.05, 3.63) is 0 Å². The molecule has 2 nitrogen and oxygen atoms in total. The Morgan fingerprint density at radius 1 is 1.50 bits per heavy atom. The summed E-state index contributed by atoms with van der Waals surface area (Å²) in [5.41, 5.74) is 4.18. The van der Waals surface area contributed by atoms with Gasteiger partial charge < -0.3 is 11.1 Å². The molecule has 0 aromatic rings. The standard InChI is InChI=1S/C9H21FN2/c1-4-6-9(10,7-11)8(3)12-5-2/h8,12H,4-7,11H2,1-3H3. The summed E-state index contributed by atoms with van der Waals surface area (Å²) in [5.74, 6) is 0. The third-order valence-electron chi connectivity index (χ3n) is 2.29. The van der Waals surface area contributed by atoms with Gasteiger partial charge in [0.15, 0.2) is 0 Å². The molecule has 2 atom stereocenters. The van der Waals surface area contributed by atoms with Gasteiger partial charge in [-0.3, -0.25) is 0 Å². The van der Waals surface area contributed by atoms with E-state index in [1.165, 1.54) is 0 Å². The van der Waals surface area contributed by atoms with Gasteiger partial charge in [0.25, 0.3) is 0 Å². The lowest BCUT2D eigenvalue weighted by Gasteiger charge is -2.30. The number of rotatable bonds is 6. The van der Waals surface area contributed by atoms with E-state index in [0.29, 0.717) is 6.42 Å². The van der Waals surface area contributed by atoms with Crippen LogP contribution in [0.1, 0.15) is 33.6 Å². The molecule has 12 heavy (non-hydrogen) atoms. The van der Waals surface area contributed by atoms with Gasteiger partial charge in [-0.25, -0.2) is 4.39 Å². The van der Waals surface area contributed by atoms with Crippen LogP contribution in [-0.2, 0) is 0 Å². The van der Waals surface area contributed by atoms with E-state index < -0.39 is 5.67 Å². The molecule has 2 unspecified atom stereocenters. The van der Waals surface area contributed by atoms with Gasteiger partial charge in [0, 0.05) is 12.6 Å². The van der Waals surface area contributed by atoms with Crippen LogP contribution in [-0.4, -0.2) is 24.8 Å². The zero-order valence-corrected chi connectivity index (χ0v) is 8.36. The summed E-state index contributed by atoms with van der Waals surface area (Å²) in [7, 11) is 0. The van der Waals surface area contributed by atoms with Crippen LogP contribution in [0.25, 0.3) is 0 Å². The number of nitrogens with one attached hydrogen (secondary N) is 1. The van der Waals surface area contributed by atoms with Gasteiger partial charge in [-0.15, -0.1) is 0 Å². The smallest absolute Gasteiger partial charge is 0.138 e. The highest BCUT2D eigenvalue weighted by Crippen LogP contribution is 2.21. The van der Waals surface area contributed by atoms with E-state index >= 15 is 0 Å². The molecular formula is C9H21FN2. The molecule has 0 heterocycles. The first-order valence-corrected chi connectivity index (χ1v) is 4.73. The van der Waals surface area contributed by atoms with Crippen molar-refractivity contribution >= 4 is 0 Å². The number of halogens is 1. The Balaban J connectivity index is 4.08. The summed E-state index contributed by atoms with van der Waals surface area (Å²) >= 11 is 0. The van der Waals surface area contributed by atoms with Gasteiger partial charge in [-0.2, -0.15) is 0 Å². The highest BCUT2D eigenvalue weighted by Gasteiger charge is 2.33. The monoisotopic (exact) mass is 176 g/mol. The predicted octanol–water partition coefficient (Wildman–Crippen LogP) is 1.45. The molecule has 0 spiro atoms. The molecule has 0 aliphatic carbocycles. The fourth-order valence-corrected chi connectivity index (χ4v) is 1.40. The van der Waals surface area contributed by atoms with Crippen molar-refractivity contribution in [3.63, 3.8) is 0 Å². The number of nitrogens with two attached hydrogens (primary N) is 1. The van der Waals surface area contributed by atoms with Crippen molar-refractivity contribution in [3.8, 4) is 0 Å². The minimum Gasteiger partial charge on any atom is -0.327 e. The Morgan fingerprint density at radius 3 is 2.42 bits per heavy atom. The third-order valence-corrected chi connectivity index (χ3v) is 2.29. The van der Waals surface area contributed by atoms with Crippen LogP contribution in [0.2, 0.25) is 0 Å². The molecule has 0 aliphatic rings. The van der Waals surface area contributed by atoms with Crippen molar-refractivity contribution in [1.29, 1.82) is 0 Å². The van der Waals surface area contributed by atoms with Gasteiger partial charge in [0.05, 0.1) is 0 Å². The van der Waals surface area contributed by atoms with Gasteiger partial charge in [-0.1, -0.05) is 20.3 Å². The number of alkyl halides is 1. The molecule has 0 aliphatic heterocycles. The largest absolute Gasteiger partial charge is 0.327 e. The van der Waals surface area contributed by atoms with Crippen LogP contribution >= 0.6 is 0 Å². The van der Waals surface area contributed by atoms with Crippen molar-refractivity contribution in [1.82, 2.24) is 5.32 Å². The molecule has 3 heteroatoms. The van der Waals surface area contributed by atoms with Crippen LogP contribution in [0.3, 0.4) is 0 Å². The normalized spacial score (nSPS) is 18.8. The summed E-state index contributed by atoms with van der Waals surface area (Å²) in [4.78, 5) is 0. The highest BCUT2D eigenvalue weighted by atomic mass is 19.1. The van der Waals surface area contributed by atoms with E-state index in [0.717, 1.165) is 13.0 Å². The fourth-order valence-electron chi connectivity index (χ4n) is 1.40. The van der Waals surface area contributed by atoms with Gasteiger partial charge in [0.1, 0.15) is 5.67 Å². The first-order valence-electron chi connectivity index (χ1n) is 4.73. The quantitative estimate of drug-likeness (QED) is 0.643. The molecular weight excluding hydrogens is 155 g/mol.